The summed E-state index contributed by atoms with van der Waals surface area (Å²) in [6.45, 7) is 0.674. The highest BCUT2D eigenvalue weighted by Gasteiger charge is 2.02. The van der Waals surface area contributed by atoms with Crippen molar-refractivity contribution in [1.82, 2.24) is 9.97 Å². The summed E-state index contributed by atoms with van der Waals surface area (Å²) in [5.74, 6) is 1.08. The molecular formula is C8H15N5. The highest BCUT2D eigenvalue weighted by Crippen LogP contribution is 2.13. The molecule has 13 heavy (non-hydrogen) atoms. The number of aryl methyl sites for hydroxylation is 1. The number of nitrogens with two attached hydrogens (primary N) is 2. The molecule has 1 aromatic rings. The second kappa shape index (κ2) is 4.61. The van der Waals surface area contributed by atoms with Crippen LogP contribution in [-0.2, 0) is 6.42 Å². The van der Waals surface area contributed by atoms with Crippen LogP contribution in [0.1, 0.15) is 12.0 Å². The van der Waals surface area contributed by atoms with Gasteiger partial charge in [0.2, 0.25) is 5.95 Å². The maximum Gasteiger partial charge on any atom is 0.221 e. The Hall–Kier alpha value is -1.36. The molecule has 1 aromatic heterocycles. The predicted molar refractivity (Wildman–Crippen MR) is 53.4 cm³/mol. The van der Waals surface area contributed by atoms with Crippen LogP contribution in [0.3, 0.4) is 0 Å². The predicted octanol–water partition coefficient (Wildman–Crippen LogP) is -0.00820. The first kappa shape index (κ1) is 9.73. The van der Waals surface area contributed by atoms with Gasteiger partial charge < -0.3 is 16.8 Å². The molecule has 5 nitrogen and oxygen atoms in total. The molecule has 0 aliphatic rings. The molecule has 0 unspecified atom stereocenters. The molecule has 1 rings (SSSR count). The molecule has 0 saturated carbocycles. The molecule has 0 aliphatic heterocycles. The van der Waals surface area contributed by atoms with Crippen molar-refractivity contribution < 1.29 is 0 Å². The van der Waals surface area contributed by atoms with Crippen molar-refractivity contribution in [2.24, 2.45) is 5.73 Å². The molecule has 72 valence electrons. The molecule has 0 atom stereocenters. The SMILES string of the molecule is CNc1nc(N)ncc1CCCN. The molecule has 0 aromatic carbocycles. The number of nitrogens with zero attached hydrogens (tertiary/aromatic N) is 2. The minimum atomic E-state index is 0.292. The maximum absolute atomic E-state index is 5.44. The number of hydrogen-bond donors (Lipinski definition) is 3. The molecule has 5 heteroatoms. The Morgan fingerprint density at radius 3 is 2.92 bits per heavy atom. The van der Waals surface area contributed by atoms with Gasteiger partial charge in [0.25, 0.3) is 0 Å². The van der Waals surface area contributed by atoms with Gasteiger partial charge in [0, 0.05) is 18.8 Å². The van der Waals surface area contributed by atoms with Crippen molar-refractivity contribution >= 4 is 11.8 Å². The standard InChI is InChI=1S/C8H15N5/c1-11-7-6(3-2-4-9)5-12-8(10)13-7/h5H,2-4,9H2,1H3,(H3,10,11,12,13). The first-order valence-electron chi connectivity index (χ1n) is 4.27. The van der Waals surface area contributed by atoms with Crippen molar-refractivity contribution in [3.63, 3.8) is 0 Å². The second-order valence-electron chi connectivity index (χ2n) is 2.74. The lowest BCUT2D eigenvalue weighted by molar-refractivity contribution is 0.825. The Morgan fingerprint density at radius 1 is 1.54 bits per heavy atom. The van der Waals surface area contributed by atoms with Crippen LogP contribution >= 0.6 is 0 Å². The third kappa shape index (κ3) is 2.55. The number of rotatable bonds is 4. The summed E-state index contributed by atoms with van der Waals surface area (Å²) in [5.41, 5.74) is 11.9. The summed E-state index contributed by atoms with van der Waals surface area (Å²) < 4.78 is 0. The highest BCUT2D eigenvalue weighted by molar-refractivity contribution is 5.45. The van der Waals surface area contributed by atoms with Crippen LogP contribution < -0.4 is 16.8 Å². The van der Waals surface area contributed by atoms with E-state index in [0.717, 1.165) is 24.2 Å². The summed E-state index contributed by atoms with van der Waals surface area (Å²) in [6, 6.07) is 0. The summed E-state index contributed by atoms with van der Waals surface area (Å²) in [5, 5.41) is 2.97. The van der Waals surface area contributed by atoms with E-state index in [1.165, 1.54) is 0 Å². The van der Waals surface area contributed by atoms with Gasteiger partial charge in [-0.3, -0.25) is 0 Å². The van der Waals surface area contributed by atoms with E-state index < -0.39 is 0 Å². The average molecular weight is 181 g/mol. The molecule has 1 heterocycles. The molecule has 0 spiro atoms. The Labute approximate surface area is 77.6 Å². The zero-order chi connectivity index (χ0) is 9.68. The van der Waals surface area contributed by atoms with E-state index in [2.05, 4.69) is 15.3 Å². The molecule has 0 amide bonds. The number of hydrogen-bond acceptors (Lipinski definition) is 5. The summed E-state index contributed by atoms with van der Waals surface area (Å²) >= 11 is 0. The summed E-state index contributed by atoms with van der Waals surface area (Å²) in [7, 11) is 1.81. The van der Waals surface area contributed by atoms with Gasteiger partial charge in [0.05, 0.1) is 0 Å². The van der Waals surface area contributed by atoms with Crippen LogP contribution in [0, 0.1) is 0 Å². The molecule has 0 aliphatic carbocycles. The van der Waals surface area contributed by atoms with Gasteiger partial charge in [-0.25, -0.2) is 4.98 Å². The van der Waals surface area contributed by atoms with Crippen LogP contribution in [0.25, 0.3) is 0 Å². The van der Waals surface area contributed by atoms with Crippen molar-refractivity contribution in [3.05, 3.63) is 11.8 Å². The Bertz CT molecular complexity index is 273. The van der Waals surface area contributed by atoms with E-state index in [1.54, 1.807) is 6.20 Å². The Morgan fingerprint density at radius 2 is 2.31 bits per heavy atom. The molecular weight excluding hydrogens is 166 g/mol. The van der Waals surface area contributed by atoms with Crippen LogP contribution in [0.15, 0.2) is 6.20 Å². The van der Waals surface area contributed by atoms with Crippen molar-refractivity contribution in [2.45, 2.75) is 12.8 Å². The van der Waals surface area contributed by atoms with Gasteiger partial charge in [-0.2, -0.15) is 4.98 Å². The van der Waals surface area contributed by atoms with Gasteiger partial charge in [-0.05, 0) is 19.4 Å². The van der Waals surface area contributed by atoms with Crippen molar-refractivity contribution in [3.8, 4) is 0 Å². The minimum absolute atomic E-state index is 0.292. The van der Waals surface area contributed by atoms with Gasteiger partial charge >= 0.3 is 0 Å². The summed E-state index contributed by atoms with van der Waals surface area (Å²) in [4.78, 5) is 7.99. The largest absolute Gasteiger partial charge is 0.373 e. The Balaban J connectivity index is 2.79. The lowest BCUT2D eigenvalue weighted by atomic mass is 10.2. The molecule has 5 N–H and O–H groups in total. The van der Waals surface area contributed by atoms with E-state index in [1.807, 2.05) is 7.05 Å². The van der Waals surface area contributed by atoms with Gasteiger partial charge in [0.1, 0.15) is 5.82 Å². The third-order valence-electron chi connectivity index (χ3n) is 1.77. The zero-order valence-electron chi connectivity index (χ0n) is 7.75. The fraction of sp³-hybridized carbons (Fsp3) is 0.500. The number of nitrogen functional groups attached to an aromatic ring is 1. The van der Waals surface area contributed by atoms with Gasteiger partial charge in [0.15, 0.2) is 0 Å². The minimum Gasteiger partial charge on any atom is -0.373 e. The lowest BCUT2D eigenvalue weighted by Gasteiger charge is -2.06. The monoisotopic (exact) mass is 181 g/mol. The Kier molecular flexibility index (Phi) is 3.45. The van der Waals surface area contributed by atoms with Gasteiger partial charge in [-0.15, -0.1) is 0 Å². The van der Waals surface area contributed by atoms with Crippen molar-refractivity contribution in [1.29, 1.82) is 0 Å². The molecule has 0 saturated heterocycles. The maximum atomic E-state index is 5.44. The summed E-state index contributed by atoms with van der Waals surface area (Å²) in [6.07, 6.45) is 3.55. The quantitative estimate of drug-likeness (QED) is 0.608. The van der Waals surface area contributed by atoms with Crippen LogP contribution in [0.5, 0.6) is 0 Å². The molecule has 0 bridgehead atoms. The number of aromatic nitrogens is 2. The van der Waals surface area contributed by atoms with Crippen molar-refractivity contribution in [2.75, 3.05) is 24.6 Å². The highest BCUT2D eigenvalue weighted by atomic mass is 15.1. The third-order valence-corrected chi connectivity index (χ3v) is 1.77. The van der Waals surface area contributed by atoms with E-state index in [4.69, 9.17) is 11.5 Å². The molecule has 0 radical (unpaired) electrons. The van der Waals surface area contributed by atoms with E-state index >= 15 is 0 Å². The first-order valence-corrected chi connectivity index (χ1v) is 4.27. The van der Waals surface area contributed by atoms with E-state index in [0.29, 0.717) is 12.5 Å². The zero-order valence-corrected chi connectivity index (χ0v) is 7.75. The van der Waals surface area contributed by atoms with Crippen LogP contribution in [0.4, 0.5) is 11.8 Å². The molecule has 0 fully saturated rings. The fourth-order valence-electron chi connectivity index (χ4n) is 1.11. The van der Waals surface area contributed by atoms with Gasteiger partial charge in [-0.1, -0.05) is 0 Å². The van der Waals surface area contributed by atoms with E-state index in [9.17, 15) is 0 Å². The second-order valence-corrected chi connectivity index (χ2v) is 2.74. The smallest absolute Gasteiger partial charge is 0.221 e. The van der Waals surface area contributed by atoms with Crippen LogP contribution in [0.2, 0.25) is 0 Å². The van der Waals surface area contributed by atoms with E-state index in [-0.39, 0.29) is 0 Å². The lowest BCUT2D eigenvalue weighted by Crippen LogP contribution is -2.06. The normalized spacial score (nSPS) is 10.0. The number of anilines is 2. The fourth-order valence-corrected chi connectivity index (χ4v) is 1.11. The topological polar surface area (TPSA) is 89.8 Å². The number of nitrogens with one attached hydrogen (secondary N) is 1. The van der Waals surface area contributed by atoms with Crippen LogP contribution in [-0.4, -0.2) is 23.6 Å². The first-order chi connectivity index (χ1) is 6.27. The average Bonchev–Trinajstić information content (AvgIpc) is 2.16.